The van der Waals surface area contributed by atoms with Gasteiger partial charge in [0.05, 0.1) is 5.56 Å². The van der Waals surface area contributed by atoms with Crippen LogP contribution >= 0.6 is 0 Å². The van der Waals surface area contributed by atoms with Crippen molar-refractivity contribution in [3.8, 4) is 22.3 Å². The SMILES string of the molecule is c1ccc2c(c1)ccc1ccc(-c3c4ccccc4c(-c4c5oc6ccccc6c5cc5c4oc4ccccc45)c4ccccc34)cc12. The van der Waals surface area contributed by atoms with Gasteiger partial charge in [-0.05, 0) is 78.5 Å². The standard InChI is InChI=1S/C46H26O2/c1-2-12-30-27(11-1)21-22-28-23-24-29(25-37(28)30)42-33-15-3-5-17-35(33)43(36-18-6-4-16-34(36)42)44-45-38(31-13-7-9-19-40(31)47-45)26-39-32-14-8-10-20-41(32)48-46(39)44/h1-26H. The van der Waals surface area contributed by atoms with Gasteiger partial charge in [0, 0.05) is 27.1 Å². The third kappa shape index (κ3) is 3.46. The van der Waals surface area contributed by atoms with E-state index in [4.69, 9.17) is 8.83 Å². The summed E-state index contributed by atoms with van der Waals surface area (Å²) in [5.41, 5.74) is 8.01. The van der Waals surface area contributed by atoms with Crippen LogP contribution in [0.25, 0.3) is 109 Å². The van der Waals surface area contributed by atoms with Gasteiger partial charge in [0.1, 0.15) is 22.3 Å². The average Bonchev–Trinajstić information content (AvgIpc) is 3.71. The van der Waals surface area contributed by atoms with Crippen LogP contribution in [-0.2, 0) is 0 Å². The minimum Gasteiger partial charge on any atom is -0.455 e. The molecule has 0 spiro atoms. The van der Waals surface area contributed by atoms with Gasteiger partial charge in [0.2, 0.25) is 0 Å². The molecule has 11 rings (SSSR count). The summed E-state index contributed by atoms with van der Waals surface area (Å²) in [5.74, 6) is 0. The van der Waals surface area contributed by atoms with Gasteiger partial charge in [-0.3, -0.25) is 0 Å². The van der Waals surface area contributed by atoms with Crippen molar-refractivity contribution in [3.63, 3.8) is 0 Å². The molecule has 2 aromatic heterocycles. The predicted octanol–water partition coefficient (Wildman–Crippen LogP) is 13.4. The zero-order valence-electron chi connectivity index (χ0n) is 25.8. The Morgan fingerprint density at radius 2 is 0.708 bits per heavy atom. The number of benzene rings is 9. The summed E-state index contributed by atoms with van der Waals surface area (Å²) in [6.07, 6.45) is 0. The van der Waals surface area contributed by atoms with Crippen molar-refractivity contribution >= 4 is 87.0 Å². The van der Waals surface area contributed by atoms with E-state index in [1.165, 1.54) is 54.2 Å². The van der Waals surface area contributed by atoms with Crippen LogP contribution in [0.4, 0.5) is 0 Å². The molecule has 0 atom stereocenters. The predicted molar refractivity (Wildman–Crippen MR) is 202 cm³/mol. The molecule has 48 heavy (non-hydrogen) atoms. The molecule has 0 radical (unpaired) electrons. The van der Waals surface area contributed by atoms with Crippen molar-refractivity contribution in [2.45, 2.75) is 0 Å². The lowest BCUT2D eigenvalue weighted by Gasteiger charge is -2.18. The Kier molecular flexibility index (Phi) is 5.14. The first-order chi connectivity index (χ1) is 23.8. The first-order valence-electron chi connectivity index (χ1n) is 16.4. The molecule has 222 valence electrons. The second kappa shape index (κ2) is 9.57. The molecule has 0 unspecified atom stereocenters. The Bertz CT molecular complexity index is 2970. The van der Waals surface area contributed by atoms with Gasteiger partial charge < -0.3 is 8.83 Å². The molecule has 0 saturated carbocycles. The fourth-order valence-corrected chi connectivity index (χ4v) is 8.13. The van der Waals surface area contributed by atoms with Crippen molar-refractivity contribution in [1.82, 2.24) is 0 Å². The van der Waals surface area contributed by atoms with Crippen LogP contribution in [0.15, 0.2) is 167 Å². The van der Waals surface area contributed by atoms with Gasteiger partial charge in [0.25, 0.3) is 0 Å². The second-order valence-electron chi connectivity index (χ2n) is 12.8. The summed E-state index contributed by atoms with van der Waals surface area (Å²) < 4.78 is 13.6. The fraction of sp³-hybridized carbons (Fsp3) is 0. The summed E-state index contributed by atoms with van der Waals surface area (Å²) >= 11 is 0. The minimum absolute atomic E-state index is 0.850. The van der Waals surface area contributed by atoms with Gasteiger partial charge in [0.15, 0.2) is 0 Å². The summed E-state index contributed by atoms with van der Waals surface area (Å²) in [5, 5.41) is 14.2. The Hall–Kier alpha value is -6.38. The molecule has 0 aliphatic heterocycles. The molecule has 0 aliphatic rings. The fourth-order valence-electron chi connectivity index (χ4n) is 8.13. The third-order valence-electron chi connectivity index (χ3n) is 10.2. The maximum absolute atomic E-state index is 6.78. The van der Waals surface area contributed by atoms with Crippen molar-refractivity contribution in [2.75, 3.05) is 0 Å². The summed E-state index contributed by atoms with van der Waals surface area (Å²) in [7, 11) is 0. The molecule has 0 aliphatic carbocycles. The molecule has 0 bridgehead atoms. The van der Waals surface area contributed by atoms with E-state index in [0.29, 0.717) is 0 Å². The molecule has 0 amide bonds. The third-order valence-corrected chi connectivity index (χ3v) is 10.2. The number of furan rings is 2. The van der Waals surface area contributed by atoms with Crippen molar-refractivity contribution < 1.29 is 8.83 Å². The zero-order valence-corrected chi connectivity index (χ0v) is 25.8. The highest BCUT2D eigenvalue weighted by Gasteiger charge is 2.25. The largest absolute Gasteiger partial charge is 0.455 e. The Labute approximate surface area is 275 Å². The average molecular weight is 611 g/mol. The molecule has 2 heteroatoms. The summed E-state index contributed by atoms with van der Waals surface area (Å²) in [6.45, 7) is 0. The van der Waals surface area contributed by atoms with Gasteiger partial charge in [-0.2, -0.15) is 0 Å². The van der Waals surface area contributed by atoms with E-state index >= 15 is 0 Å². The van der Waals surface area contributed by atoms with Crippen molar-refractivity contribution in [1.29, 1.82) is 0 Å². The number of para-hydroxylation sites is 2. The zero-order chi connectivity index (χ0) is 31.3. The van der Waals surface area contributed by atoms with Crippen LogP contribution in [0.2, 0.25) is 0 Å². The molecule has 9 aromatic carbocycles. The Morgan fingerprint density at radius 1 is 0.271 bits per heavy atom. The molecule has 0 saturated heterocycles. The molecule has 0 N–H and O–H groups in total. The first-order valence-corrected chi connectivity index (χ1v) is 16.4. The second-order valence-corrected chi connectivity index (χ2v) is 12.8. The molecule has 11 aromatic rings. The van der Waals surface area contributed by atoms with E-state index in [1.807, 2.05) is 12.1 Å². The van der Waals surface area contributed by atoms with Gasteiger partial charge >= 0.3 is 0 Å². The minimum atomic E-state index is 0.850. The van der Waals surface area contributed by atoms with Crippen LogP contribution in [-0.4, -0.2) is 0 Å². The Morgan fingerprint density at radius 3 is 1.29 bits per heavy atom. The molecule has 2 nitrogen and oxygen atoms in total. The smallest absolute Gasteiger partial charge is 0.147 e. The van der Waals surface area contributed by atoms with E-state index < -0.39 is 0 Å². The van der Waals surface area contributed by atoms with E-state index in [1.54, 1.807) is 0 Å². The maximum atomic E-state index is 6.78. The highest BCUT2D eigenvalue weighted by Crippen LogP contribution is 2.50. The monoisotopic (exact) mass is 610 g/mol. The first kappa shape index (κ1) is 25.8. The van der Waals surface area contributed by atoms with Gasteiger partial charge in [-0.1, -0.05) is 133 Å². The molecule has 2 heterocycles. The van der Waals surface area contributed by atoms with E-state index in [2.05, 4.69) is 146 Å². The van der Waals surface area contributed by atoms with Gasteiger partial charge in [-0.25, -0.2) is 0 Å². The van der Waals surface area contributed by atoms with E-state index in [9.17, 15) is 0 Å². The number of hydrogen-bond acceptors (Lipinski definition) is 2. The molecular weight excluding hydrogens is 585 g/mol. The number of hydrogen-bond donors (Lipinski definition) is 0. The van der Waals surface area contributed by atoms with Crippen LogP contribution in [0, 0.1) is 0 Å². The number of rotatable bonds is 2. The topological polar surface area (TPSA) is 26.3 Å². The lowest BCUT2D eigenvalue weighted by molar-refractivity contribution is 0.658. The van der Waals surface area contributed by atoms with Gasteiger partial charge in [-0.15, -0.1) is 0 Å². The quantitative estimate of drug-likeness (QED) is 0.144. The Balaban J connectivity index is 1.33. The van der Waals surface area contributed by atoms with Crippen LogP contribution in [0.3, 0.4) is 0 Å². The molecule has 0 fully saturated rings. The number of fused-ring (bicyclic) bond motifs is 11. The van der Waals surface area contributed by atoms with Crippen LogP contribution < -0.4 is 0 Å². The highest BCUT2D eigenvalue weighted by molar-refractivity contribution is 6.30. The normalized spacial score (nSPS) is 12.2. The van der Waals surface area contributed by atoms with Crippen molar-refractivity contribution in [2.24, 2.45) is 0 Å². The van der Waals surface area contributed by atoms with E-state index in [0.717, 1.165) is 55.0 Å². The molecular formula is C46H26O2. The lowest BCUT2D eigenvalue weighted by Crippen LogP contribution is -1.92. The highest BCUT2D eigenvalue weighted by atomic mass is 16.3. The van der Waals surface area contributed by atoms with E-state index in [-0.39, 0.29) is 0 Å². The summed E-state index contributed by atoms with van der Waals surface area (Å²) in [6, 6.07) is 56.6. The van der Waals surface area contributed by atoms with Crippen molar-refractivity contribution in [3.05, 3.63) is 158 Å². The summed E-state index contributed by atoms with van der Waals surface area (Å²) in [4.78, 5) is 0. The van der Waals surface area contributed by atoms with Crippen LogP contribution in [0.1, 0.15) is 0 Å². The van der Waals surface area contributed by atoms with Crippen LogP contribution in [0.5, 0.6) is 0 Å². The lowest BCUT2D eigenvalue weighted by atomic mass is 9.84. The maximum Gasteiger partial charge on any atom is 0.147 e.